The monoisotopic (exact) mass is 375 g/mol. The molecule has 0 aliphatic heterocycles. The van der Waals surface area contributed by atoms with Crippen LogP contribution in [0.3, 0.4) is 0 Å². The Kier molecular flexibility index (Phi) is 5.45. The van der Waals surface area contributed by atoms with E-state index in [-0.39, 0.29) is 11.5 Å². The Morgan fingerprint density at radius 2 is 1.54 bits per heavy atom. The van der Waals surface area contributed by atoms with Crippen molar-refractivity contribution in [3.05, 3.63) is 81.1 Å². The molecule has 5 nitrogen and oxygen atoms in total. The van der Waals surface area contributed by atoms with Crippen LogP contribution in [-0.2, 0) is 4.79 Å². The van der Waals surface area contributed by atoms with Gasteiger partial charge in [-0.2, -0.15) is 5.10 Å². The summed E-state index contributed by atoms with van der Waals surface area (Å²) in [7, 11) is 0. The summed E-state index contributed by atoms with van der Waals surface area (Å²) in [5.74, 6) is -0.272. The Morgan fingerprint density at radius 3 is 2.14 bits per heavy atom. The van der Waals surface area contributed by atoms with E-state index in [0.717, 1.165) is 33.5 Å². The summed E-state index contributed by atoms with van der Waals surface area (Å²) >= 11 is 0. The molecule has 3 rings (SSSR count). The summed E-state index contributed by atoms with van der Waals surface area (Å²) < 4.78 is 1.24. The molecule has 1 N–H and O–H groups in total. The summed E-state index contributed by atoms with van der Waals surface area (Å²) in [5, 5.41) is 7.40. The van der Waals surface area contributed by atoms with Gasteiger partial charge < -0.3 is 5.32 Å². The van der Waals surface area contributed by atoms with E-state index in [1.165, 1.54) is 10.7 Å². The predicted octanol–water partition coefficient (Wildman–Crippen LogP) is 4.34. The number of nitrogens with zero attached hydrogens (tertiary/aromatic N) is 2. The Labute approximate surface area is 165 Å². The summed E-state index contributed by atoms with van der Waals surface area (Å²) in [6, 6.07) is 14.3. The lowest BCUT2D eigenvalue weighted by molar-refractivity contribution is -0.119. The molecule has 0 spiro atoms. The number of carbonyl (C=O) groups excluding carboxylic acids is 1. The average molecular weight is 375 g/mol. The first-order valence-electron chi connectivity index (χ1n) is 9.32. The number of anilines is 1. The van der Waals surface area contributed by atoms with Gasteiger partial charge in [-0.3, -0.25) is 9.59 Å². The van der Waals surface area contributed by atoms with E-state index in [4.69, 9.17) is 0 Å². The van der Waals surface area contributed by atoms with Gasteiger partial charge in [-0.05, 0) is 51.8 Å². The predicted molar refractivity (Wildman–Crippen MR) is 113 cm³/mol. The van der Waals surface area contributed by atoms with Crippen molar-refractivity contribution in [2.24, 2.45) is 0 Å². The van der Waals surface area contributed by atoms with Gasteiger partial charge in [-0.25, -0.2) is 4.68 Å². The van der Waals surface area contributed by atoms with Gasteiger partial charge in [0.25, 0.3) is 5.56 Å². The van der Waals surface area contributed by atoms with E-state index < -0.39 is 6.04 Å². The molecule has 2 aromatic carbocycles. The first kappa shape index (κ1) is 19.5. The quantitative estimate of drug-likeness (QED) is 0.738. The second kappa shape index (κ2) is 7.80. The summed E-state index contributed by atoms with van der Waals surface area (Å²) in [6.45, 7) is 9.64. The van der Waals surface area contributed by atoms with Crippen molar-refractivity contribution < 1.29 is 4.79 Å². The van der Waals surface area contributed by atoms with E-state index in [2.05, 4.69) is 10.4 Å². The van der Waals surface area contributed by atoms with Crippen LogP contribution in [0, 0.1) is 27.7 Å². The second-order valence-electron chi connectivity index (χ2n) is 7.31. The fourth-order valence-electron chi connectivity index (χ4n) is 3.30. The SMILES string of the molecule is Cc1ccc(-c2ccc(=O)n(C(C)C(=O)Nc3c(C)cc(C)cc3C)n2)cc1. The zero-order chi connectivity index (χ0) is 20.4. The van der Waals surface area contributed by atoms with Crippen molar-refractivity contribution in [1.82, 2.24) is 9.78 Å². The number of benzene rings is 2. The molecule has 0 saturated carbocycles. The Balaban J connectivity index is 1.90. The smallest absolute Gasteiger partial charge is 0.267 e. The molecular formula is C23H25N3O2. The Morgan fingerprint density at radius 1 is 0.929 bits per heavy atom. The van der Waals surface area contributed by atoms with Crippen LogP contribution in [0.25, 0.3) is 11.3 Å². The molecule has 3 aromatic rings. The highest BCUT2D eigenvalue weighted by Crippen LogP contribution is 2.23. The molecule has 0 bridgehead atoms. The van der Waals surface area contributed by atoms with Crippen LogP contribution in [0.2, 0.25) is 0 Å². The average Bonchev–Trinajstić information content (AvgIpc) is 2.65. The molecule has 1 aromatic heterocycles. The molecule has 0 aliphatic carbocycles. The first-order valence-corrected chi connectivity index (χ1v) is 9.32. The van der Waals surface area contributed by atoms with Crippen molar-refractivity contribution in [1.29, 1.82) is 0 Å². The van der Waals surface area contributed by atoms with E-state index >= 15 is 0 Å². The molecule has 1 unspecified atom stereocenters. The Hall–Kier alpha value is -3.21. The van der Waals surface area contributed by atoms with E-state index in [1.807, 2.05) is 64.1 Å². The minimum Gasteiger partial charge on any atom is -0.324 e. The van der Waals surface area contributed by atoms with E-state index in [1.54, 1.807) is 13.0 Å². The largest absolute Gasteiger partial charge is 0.324 e. The van der Waals surface area contributed by atoms with Gasteiger partial charge in [0.05, 0.1) is 5.69 Å². The highest BCUT2D eigenvalue weighted by Gasteiger charge is 2.19. The van der Waals surface area contributed by atoms with E-state index in [0.29, 0.717) is 5.69 Å². The second-order valence-corrected chi connectivity index (χ2v) is 7.31. The standard InChI is InChI=1S/C23H25N3O2/c1-14-6-8-19(9-7-14)20-10-11-21(27)26(25-20)18(5)23(28)24-22-16(3)12-15(2)13-17(22)4/h6-13,18H,1-5H3,(H,24,28). The van der Waals surface area contributed by atoms with Gasteiger partial charge in [0.1, 0.15) is 6.04 Å². The van der Waals surface area contributed by atoms with Crippen molar-refractivity contribution in [3.63, 3.8) is 0 Å². The van der Waals surface area contributed by atoms with Gasteiger partial charge in [0, 0.05) is 17.3 Å². The number of aromatic nitrogens is 2. The molecule has 1 heterocycles. The molecule has 0 aliphatic rings. The van der Waals surface area contributed by atoms with Gasteiger partial charge in [-0.1, -0.05) is 47.5 Å². The lowest BCUT2D eigenvalue weighted by Gasteiger charge is -2.18. The number of hydrogen-bond donors (Lipinski definition) is 1. The van der Waals surface area contributed by atoms with E-state index in [9.17, 15) is 9.59 Å². The fraction of sp³-hybridized carbons (Fsp3) is 0.261. The van der Waals surface area contributed by atoms with Crippen LogP contribution in [0.4, 0.5) is 5.69 Å². The lowest BCUT2D eigenvalue weighted by Crippen LogP contribution is -2.33. The zero-order valence-electron chi connectivity index (χ0n) is 16.9. The fourth-order valence-corrected chi connectivity index (χ4v) is 3.30. The summed E-state index contributed by atoms with van der Waals surface area (Å²) in [4.78, 5) is 25.2. The number of rotatable bonds is 4. The van der Waals surface area contributed by atoms with Crippen molar-refractivity contribution in [2.45, 2.75) is 40.7 Å². The van der Waals surface area contributed by atoms with Crippen molar-refractivity contribution >= 4 is 11.6 Å². The molecule has 5 heteroatoms. The minimum atomic E-state index is -0.738. The third kappa shape index (κ3) is 4.03. The molecule has 28 heavy (non-hydrogen) atoms. The molecule has 1 amide bonds. The number of carbonyl (C=O) groups is 1. The maximum Gasteiger partial charge on any atom is 0.267 e. The van der Waals surface area contributed by atoms with Gasteiger partial charge in [-0.15, -0.1) is 0 Å². The molecular weight excluding hydrogens is 350 g/mol. The van der Waals surface area contributed by atoms with Crippen LogP contribution >= 0.6 is 0 Å². The third-order valence-electron chi connectivity index (χ3n) is 4.84. The lowest BCUT2D eigenvalue weighted by atomic mass is 10.0. The van der Waals surface area contributed by atoms with Crippen molar-refractivity contribution in [3.8, 4) is 11.3 Å². The molecule has 0 fully saturated rings. The maximum absolute atomic E-state index is 12.8. The molecule has 144 valence electrons. The van der Waals surface area contributed by atoms with Crippen LogP contribution in [0.1, 0.15) is 35.2 Å². The zero-order valence-corrected chi connectivity index (χ0v) is 16.9. The van der Waals surface area contributed by atoms with Crippen LogP contribution in [0.15, 0.2) is 53.3 Å². The highest BCUT2D eigenvalue weighted by molar-refractivity contribution is 5.94. The maximum atomic E-state index is 12.8. The van der Waals surface area contributed by atoms with Crippen LogP contribution < -0.4 is 10.9 Å². The Bertz CT molecular complexity index is 1060. The normalized spacial score (nSPS) is 11.9. The summed E-state index contributed by atoms with van der Waals surface area (Å²) in [6.07, 6.45) is 0. The highest BCUT2D eigenvalue weighted by atomic mass is 16.2. The molecule has 0 radical (unpaired) electrons. The minimum absolute atomic E-state index is 0.272. The summed E-state index contributed by atoms with van der Waals surface area (Å²) in [5.41, 5.74) is 6.30. The van der Waals surface area contributed by atoms with Crippen molar-refractivity contribution in [2.75, 3.05) is 5.32 Å². The molecule has 1 atom stereocenters. The number of nitrogens with one attached hydrogen (secondary N) is 1. The first-order chi connectivity index (χ1) is 13.3. The van der Waals surface area contributed by atoms with Crippen LogP contribution in [-0.4, -0.2) is 15.7 Å². The molecule has 0 saturated heterocycles. The number of amides is 1. The van der Waals surface area contributed by atoms with Gasteiger partial charge in [0.15, 0.2) is 0 Å². The third-order valence-corrected chi connectivity index (χ3v) is 4.84. The van der Waals surface area contributed by atoms with Gasteiger partial charge >= 0.3 is 0 Å². The topological polar surface area (TPSA) is 64.0 Å². The number of hydrogen-bond acceptors (Lipinski definition) is 3. The number of aryl methyl sites for hydroxylation is 4. The van der Waals surface area contributed by atoms with Crippen LogP contribution in [0.5, 0.6) is 0 Å². The van der Waals surface area contributed by atoms with Gasteiger partial charge in [0.2, 0.25) is 5.91 Å².